The second kappa shape index (κ2) is 6.68. The Bertz CT molecular complexity index is 416. The fourth-order valence-electron chi connectivity index (χ4n) is 2.95. The van der Waals surface area contributed by atoms with Gasteiger partial charge in [0.25, 0.3) is 0 Å². The van der Waals surface area contributed by atoms with Gasteiger partial charge in [-0.2, -0.15) is 0 Å². The van der Waals surface area contributed by atoms with Crippen LogP contribution in [0.3, 0.4) is 0 Å². The summed E-state index contributed by atoms with van der Waals surface area (Å²) in [5.41, 5.74) is 1.21. The molecule has 1 aromatic rings. The normalized spacial score (nSPS) is 22.9. The van der Waals surface area contributed by atoms with Crippen LogP contribution >= 0.6 is 0 Å². The van der Waals surface area contributed by atoms with E-state index in [1.54, 1.807) is 12.1 Å². The Kier molecular flexibility index (Phi) is 5.17. The van der Waals surface area contributed by atoms with Gasteiger partial charge >= 0.3 is 0 Å². The van der Waals surface area contributed by atoms with Crippen LogP contribution in [0.1, 0.15) is 51.5 Å². The average molecular weight is 279 g/mol. The van der Waals surface area contributed by atoms with Crippen molar-refractivity contribution in [3.05, 3.63) is 35.6 Å². The number of hydrogen-bond donors (Lipinski definition) is 1. The number of ether oxygens (including phenoxy) is 1. The van der Waals surface area contributed by atoms with Crippen LogP contribution < -0.4 is 5.32 Å². The molecule has 0 amide bonds. The Morgan fingerprint density at radius 2 is 2.05 bits per heavy atom. The largest absolute Gasteiger partial charge is 0.372 e. The molecule has 20 heavy (non-hydrogen) atoms. The summed E-state index contributed by atoms with van der Waals surface area (Å²) in [6.07, 6.45) is 3.56. The third-order valence-electron chi connectivity index (χ3n) is 4.08. The van der Waals surface area contributed by atoms with E-state index >= 15 is 0 Å². The van der Waals surface area contributed by atoms with E-state index in [2.05, 4.69) is 26.1 Å². The monoisotopic (exact) mass is 279 g/mol. The summed E-state index contributed by atoms with van der Waals surface area (Å²) >= 11 is 0. The molecular weight excluding hydrogens is 253 g/mol. The Morgan fingerprint density at radius 1 is 1.35 bits per heavy atom. The molecular formula is C17H26FNO. The molecule has 0 saturated carbocycles. The molecule has 1 aromatic carbocycles. The third-order valence-corrected chi connectivity index (χ3v) is 4.08. The minimum Gasteiger partial charge on any atom is -0.372 e. The van der Waals surface area contributed by atoms with Gasteiger partial charge in [0.15, 0.2) is 0 Å². The van der Waals surface area contributed by atoms with Gasteiger partial charge in [0.05, 0.1) is 11.7 Å². The zero-order chi connectivity index (χ0) is 14.6. The topological polar surface area (TPSA) is 21.3 Å². The summed E-state index contributed by atoms with van der Waals surface area (Å²) in [6.45, 7) is 8.29. The van der Waals surface area contributed by atoms with E-state index in [0.717, 1.165) is 32.4 Å². The van der Waals surface area contributed by atoms with E-state index in [1.807, 2.05) is 12.1 Å². The predicted octanol–water partition coefficient (Wildman–Crippen LogP) is 3.87. The molecule has 1 aliphatic rings. The molecule has 0 radical (unpaired) electrons. The fraction of sp³-hybridized carbons (Fsp3) is 0.647. The van der Waals surface area contributed by atoms with Gasteiger partial charge in [-0.15, -0.1) is 0 Å². The molecule has 2 nitrogen and oxygen atoms in total. The van der Waals surface area contributed by atoms with Crippen molar-refractivity contribution in [2.24, 2.45) is 0 Å². The second-order valence-corrected chi connectivity index (χ2v) is 6.33. The molecule has 1 saturated heterocycles. The first kappa shape index (κ1) is 15.5. The number of halogens is 1. The third kappa shape index (κ3) is 4.29. The van der Waals surface area contributed by atoms with Crippen molar-refractivity contribution < 1.29 is 9.13 Å². The predicted molar refractivity (Wildman–Crippen MR) is 80.5 cm³/mol. The van der Waals surface area contributed by atoms with Gasteiger partial charge < -0.3 is 10.1 Å². The van der Waals surface area contributed by atoms with Crippen molar-refractivity contribution in [2.45, 2.75) is 57.7 Å². The van der Waals surface area contributed by atoms with Crippen LogP contribution in [-0.4, -0.2) is 24.8 Å². The first-order valence-corrected chi connectivity index (χ1v) is 7.64. The highest BCUT2D eigenvalue weighted by Crippen LogP contribution is 2.34. The zero-order valence-corrected chi connectivity index (χ0v) is 12.8. The molecule has 1 aliphatic heterocycles. The lowest BCUT2D eigenvalue weighted by Gasteiger charge is -2.24. The molecule has 0 aromatic heterocycles. The molecule has 1 N–H and O–H groups in total. The van der Waals surface area contributed by atoms with Crippen LogP contribution in [0.2, 0.25) is 0 Å². The highest BCUT2D eigenvalue weighted by atomic mass is 19.1. The summed E-state index contributed by atoms with van der Waals surface area (Å²) in [5.74, 6) is 0.212. The van der Waals surface area contributed by atoms with Gasteiger partial charge in [-0.1, -0.05) is 19.1 Å². The summed E-state index contributed by atoms with van der Waals surface area (Å²) in [6, 6.07) is 6.90. The summed E-state index contributed by atoms with van der Waals surface area (Å²) in [7, 11) is 0. The summed E-state index contributed by atoms with van der Waals surface area (Å²) in [4.78, 5) is 0. The molecule has 2 unspecified atom stereocenters. The van der Waals surface area contributed by atoms with Crippen LogP contribution in [0.4, 0.5) is 4.39 Å². The van der Waals surface area contributed by atoms with E-state index in [4.69, 9.17) is 4.74 Å². The maximum atomic E-state index is 13.1. The van der Waals surface area contributed by atoms with Gasteiger partial charge in [-0.3, -0.25) is 0 Å². The van der Waals surface area contributed by atoms with E-state index in [9.17, 15) is 4.39 Å². The highest BCUT2D eigenvalue weighted by Gasteiger charge is 2.33. The fourth-order valence-corrected chi connectivity index (χ4v) is 2.95. The molecule has 2 atom stereocenters. The van der Waals surface area contributed by atoms with Crippen LogP contribution in [0, 0.1) is 5.82 Å². The number of rotatable bonds is 6. The highest BCUT2D eigenvalue weighted by molar-refractivity contribution is 5.21. The molecule has 0 spiro atoms. The van der Waals surface area contributed by atoms with E-state index in [1.165, 1.54) is 5.56 Å². The number of nitrogens with one attached hydrogen (secondary N) is 1. The van der Waals surface area contributed by atoms with Crippen molar-refractivity contribution >= 4 is 0 Å². The van der Waals surface area contributed by atoms with Crippen molar-refractivity contribution in [3.8, 4) is 0 Å². The Hall–Kier alpha value is -0.930. The molecule has 112 valence electrons. The summed E-state index contributed by atoms with van der Waals surface area (Å²) < 4.78 is 19.2. The number of hydrogen-bond acceptors (Lipinski definition) is 2. The SMILES string of the molecule is CCNCC(CC1CCC(C)(C)O1)c1ccc(F)cc1. The van der Waals surface area contributed by atoms with E-state index in [0.29, 0.717) is 12.0 Å². The Labute approximate surface area is 121 Å². The summed E-state index contributed by atoms with van der Waals surface area (Å²) in [5, 5.41) is 3.41. The van der Waals surface area contributed by atoms with E-state index < -0.39 is 0 Å². The molecule has 1 heterocycles. The van der Waals surface area contributed by atoms with Crippen LogP contribution in [-0.2, 0) is 4.74 Å². The van der Waals surface area contributed by atoms with Crippen LogP contribution in [0.25, 0.3) is 0 Å². The van der Waals surface area contributed by atoms with Gasteiger partial charge in [0.2, 0.25) is 0 Å². The zero-order valence-electron chi connectivity index (χ0n) is 12.8. The second-order valence-electron chi connectivity index (χ2n) is 6.33. The Morgan fingerprint density at radius 3 is 2.60 bits per heavy atom. The molecule has 0 aliphatic carbocycles. The van der Waals surface area contributed by atoms with Gasteiger partial charge in [0, 0.05) is 6.54 Å². The molecule has 1 fully saturated rings. The van der Waals surface area contributed by atoms with Crippen molar-refractivity contribution in [2.75, 3.05) is 13.1 Å². The lowest BCUT2D eigenvalue weighted by Crippen LogP contribution is -2.26. The first-order valence-electron chi connectivity index (χ1n) is 7.64. The van der Waals surface area contributed by atoms with Crippen molar-refractivity contribution in [1.82, 2.24) is 5.32 Å². The van der Waals surface area contributed by atoms with Crippen LogP contribution in [0.5, 0.6) is 0 Å². The number of benzene rings is 1. The first-order chi connectivity index (χ1) is 9.50. The van der Waals surface area contributed by atoms with Gasteiger partial charge in [-0.05, 0) is 63.3 Å². The maximum Gasteiger partial charge on any atom is 0.123 e. The average Bonchev–Trinajstić information content (AvgIpc) is 2.75. The smallest absolute Gasteiger partial charge is 0.123 e. The lowest BCUT2D eigenvalue weighted by atomic mass is 9.91. The van der Waals surface area contributed by atoms with Crippen molar-refractivity contribution in [3.63, 3.8) is 0 Å². The minimum absolute atomic E-state index is 0.0101. The molecule has 0 bridgehead atoms. The van der Waals surface area contributed by atoms with Crippen molar-refractivity contribution in [1.29, 1.82) is 0 Å². The number of likely N-dealkylation sites (N-methyl/N-ethyl adjacent to an activating group) is 1. The molecule has 2 rings (SSSR count). The minimum atomic E-state index is -0.172. The lowest BCUT2D eigenvalue weighted by molar-refractivity contribution is -0.0209. The Balaban J connectivity index is 2.02. The standard InChI is InChI=1S/C17H26FNO/c1-4-19-12-14(13-5-7-15(18)8-6-13)11-16-9-10-17(2,3)20-16/h5-8,14,16,19H,4,9-12H2,1-3H3. The maximum absolute atomic E-state index is 13.1. The van der Waals surface area contributed by atoms with E-state index in [-0.39, 0.29) is 11.4 Å². The molecule has 3 heteroatoms. The van der Waals surface area contributed by atoms with Gasteiger partial charge in [-0.25, -0.2) is 4.39 Å². The van der Waals surface area contributed by atoms with Gasteiger partial charge in [0.1, 0.15) is 5.82 Å². The van der Waals surface area contributed by atoms with Crippen LogP contribution in [0.15, 0.2) is 24.3 Å². The quantitative estimate of drug-likeness (QED) is 0.853.